The van der Waals surface area contributed by atoms with Gasteiger partial charge in [-0.3, -0.25) is 9.67 Å². The van der Waals surface area contributed by atoms with Crippen molar-refractivity contribution in [3.05, 3.63) is 17.0 Å². The molecule has 0 unspecified atom stereocenters. The van der Waals surface area contributed by atoms with Gasteiger partial charge in [0.1, 0.15) is 0 Å². The molecule has 0 aliphatic carbocycles. The summed E-state index contributed by atoms with van der Waals surface area (Å²) in [4.78, 5) is 4.16. The molecule has 2 heterocycles. The first-order valence-corrected chi connectivity index (χ1v) is 10.9. The molecule has 2 rings (SSSR count). The van der Waals surface area contributed by atoms with Gasteiger partial charge >= 0.3 is 15.5 Å². The number of alkyl halides is 3. The monoisotopic (exact) mass is 566 g/mol. The third kappa shape index (κ3) is 6.45. The number of aliphatic imine (C=N–C) groups is 1. The Bertz CT molecular complexity index is 833. The van der Waals surface area contributed by atoms with Crippen molar-refractivity contribution in [3.63, 3.8) is 0 Å². The van der Waals surface area contributed by atoms with Crippen LogP contribution in [-0.4, -0.2) is 67.2 Å². The van der Waals surface area contributed by atoms with E-state index in [9.17, 15) is 21.6 Å². The van der Waals surface area contributed by atoms with Gasteiger partial charge in [0.15, 0.2) is 5.96 Å². The number of guanidine groups is 1. The number of nitrogens with one attached hydrogen (secondary N) is 2. The highest BCUT2D eigenvalue weighted by molar-refractivity contribution is 14.0. The zero-order chi connectivity index (χ0) is 21.8. The van der Waals surface area contributed by atoms with E-state index < -0.39 is 15.5 Å². The third-order valence-corrected chi connectivity index (χ3v) is 6.94. The number of aromatic nitrogens is 2. The number of hydrogen-bond donors (Lipinski definition) is 2. The normalized spacial score (nSPS) is 17.0. The quantitative estimate of drug-likeness (QED) is 0.312. The molecule has 0 spiro atoms. The lowest BCUT2D eigenvalue weighted by Gasteiger charge is -2.31. The van der Waals surface area contributed by atoms with Crippen LogP contribution in [0.1, 0.15) is 29.8 Å². The summed E-state index contributed by atoms with van der Waals surface area (Å²) in [7, 11) is -1.68. The Balaban J connectivity index is 0.00000450. The van der Waals surface area contributed by atoms with Gasteiger partial charge in [-0.15, -0.1) is 24.0 Å². The summed E-state index contributed by atoms with van der Waals surface area (Å²) in [6, 6.07) is 0. The van der Waals surface area contributed by atoms with Crippen LogP contribution in [0, 0.1) is 19.8 Å². The second-order valence-corrected chi connectivity index (χ2v) is 9.13. The van der Waals surface area contributed by atoms with Crippen molar-refractivity contribution in [2.45, 2.75) is 38.6 Å². The average molecular weight is 566 g/mol. The minimum atomic E-state index is -5.24. The molecule has 2 N–H and O–H groups in total. The summed E-state index contributed by atoms with van der Waals surface area (Å²) in [5, 5.41) is 10.8. The molecule has 1 fully saturated rings. The first-order valence-electron chi connectivity index (χ1n) is 9.47. The Morgan fingerprint density at radius 2 is 1.83 bits per heavy atom. The van der Waals surface area contributed by atoms with Crippen molar-refractivity contribution in [1.29, 1.82) is 0 Å². The Hall–Kier alpha value is -1.09. The fourth-order valence-electron chi connectivity index (χ4n) is 3.45. The summed E-state index contributed by atoms with van der Waals surface area (Å²) in [6.45, 7) is 4.92. The number of piperidine rings is 1. The van der Waals surface area contributed by atoms with Crippen LogP contribution in [0.3, 0.4) is 0 Å². The Morgan fingerprint density at radius 3 is 2.30 bits per heavy atom. The first kappa shape index (κ1) is 26.9. The predicted octanol–water partition coefficient (Wildman–Crippen LogP) is 1.92. The van der Waals surface area contributed by atoms with Gasteiger partial charge in [0.05, 0.1) is 5.69 Å². The minimum absolute atomic E-state index is 0. The molecule has 1 aromatic rings. The molecule has 0 radical (unpaired) electrons. The summed E-state index contributed by atoms with van der Waals surface area (Å²) >= 11 is 0. The molecule has 174 valence electrons. The van der Waals surface area contributed by atoms with E-state index in [1.54, 1.807) is 7.05 Å². The molecule has 0 amide bonds. The van der Waals surface area contributed by atoms with Gasteiger partial charge in [-0.1, -0.05) is 0 Å². The number of sulfonamides is 1. The number of aryl methyl sites for hydroxylation is 2. The molecular weight excluding hydrogens is 536 g/mol. The van der Waals surface area contributed by atoms with Crippen molar-refractivity contribution in [2.75, 3.05) is 33.2 Å². The van der Waals surface area contributed by atoms with E-state index in [0.29, 0.717) is 36.2 Å². The highest BCUT2D eigenvalue weighted by Gasteiger charge is 2.50. The van der Waals surface area contributed by atoms with Gasteiger partial charge in [-0.2, -0.15) is 22.6 Å². The van der Waals surface area contributed by atoms with Gasteiger partial charge in [0.25, 0.3) is 0 Å². The number of rotatable bonds is 6. The summed E-state index contributed by atoms with van der Waals surface area (Å²) in [5.74, 6) is 0.686. The maximum Gasteiger partial charge on any atom is 0.511 e. The largest absolute Gasteiger partial charge is 0.511 e. The smallest absolute Gasteiger partial charge is 0.356 e. The molecule has 0 saturated carbocycles. The highest BCUT2D eigenvalue weighted by atomic mass is 127. The predicted molar refractivity (Wildman–Crippen MR) is 120 cm³/mol. The number of hydrogen-bond acceptors (Lipinski definition) is 4. The van der Waals surface area contributed by atoms with Crippen LogP contribution in [-0.2, 0) is 23.5 Å². The van der Waals surface area contributed by atoms with Crippen LogP contribution >= 0.6 is 24.0 Å². The summed E-state index contributed by atoms with van der Waals surface area (Å²) in [5.41, 5.74) is -1.94. The number of halogens is 4. The van der Waals surface area contributed by atoms with Crippen molar-refractivity contribution >= 4 is 40.0 Å². The minimum Gasteiger partial charge on any atom is -0.356 e. The van der Waals surface area contributed by atoms with Gasteiger partial charge in [0, 0.05) is 46.0 Å². The van der Waals surface area contributed by atoms with Gasteiger partial charge in [-0.25, -0.2) is 8.42 Å². The van der Waals surface area contributed by atoms with Crippen molar-refractivity contribution in [2.24, 2.45) is 18.0 Å². The molecule has 1 aliphatic rings. The van der Waals surface area contributed by atoms with Crippen LogP contribution in [0.15, 0.2) is 4.99 Å². The second kappa shape index (κ2) is 11.0. The SMILES string of the molecule is CN=C(NCCc1c(C)nn(C)c1C)NCC1CCN(S(=O)(=O)C(F)(F)F)CC1.I. The van der Waals surface area contributed by atoms with E-state index in [-0.39, 0.29) is 43.0 Å². The van der Waals surface area contributed by atoms with Crippen LogP contribution in [0.4, 0.5) is 13.2 Å². The Kier molecular flexibility index (Phi) is 9.86. The number of nitrogens with zero attached hydrogens (tertiary/aromatic N) is 4. The fourth-order valence-corrected chi connectivity index (χ4v) is 4.43. The van der Waals surface area contributed by atoms with E-state index in [0.717, 1.165) is 17.8 Å². The van der Waals surface area contributed by atoms with Crippen molar-refractivity contribution in [1.82, 2.24) is 24.7 Å². The Labute approximate surface area is 192 Å². The molecule has 30 heavy (non-hydrogen) atoms. The van der Waals surface area contributed by atoms with Gasteiger partial charge in [0.2, 0.25) is 0 Å². The summed E-state index contributed by atoms with van der Waals surface area (Å²) < 4.78 is 63.2. The molecule has 8 nitrogen and oxygen atoms in total. The van der Waals surface area contributed by atoms with E-state index in [1.165, 1.54) is 5.56 Å². The zero-order valence-corrected chi connectivity index (χ0v) is 20.7. The van der Waals surface area contributed by atoms with Gasteiger partial charge in [-0.05, 0) is 44.6 Å². The van der Waals surface area contributed by atoms with E-state index in [2.05, 4.69) is 20.7 Å². The lowest BCUT2D eigenvalue weighted by molar-refractivity contribution is -0.0496. The maximum absolute atomic E-state index is 12.6. The van der Waals surface area contributed by atoms with Crippen LogP contribution in [0.25, 0.3) is 0 Å². The third-order valence-electron chi connectivity index (χ3n) is 5.31. The zero-order valence-electron chi connectivity index (χ0n) is 17.6. The molecule has 0 atom stereocenters. The molecule has 0 bridgehead atoms. The van der Waals surface area contributed by atoms with E-state index in [1.807, 2.05) is 25.6 Å². The fraction of sp³-hybridized carbons (Fsp3) is 0.765. The molecule has 1 aliphatic heterocycles. The maximum atomic E-state index is 12.6. The second-order valence-electron chi connectivity index (χ2n) is 7.20. The van der Waals surface area contributed by atoms with E-state index >= 15 is 0 Å². The average Bonchev–Trinajstić information content (AvgIpc) is 2.89. The standard InChI is InChI=1S/C17H29F3N6O2S.HI/c1-12-15(13(2)25(4)24-12)5-8-22-16(21-3)23-11-14-6-9-26(10-7-14)29(27,28)17(18,19)20;/h14H,5-11H2,1-4H3,(H2,21,22,23);1H. The molecule has 13 heteroatoms. The molecule has 1 saturated heterocycles. The molecular formula is C17H30F3IN6O2S. The Morgan fingerprint density at radius 1 is 1.23 bits per heavy atom. The van der Waals surface area contributed by atoms with E-state index in [4.69, 9.17) is 0 Å². The lowest BCUT2D eigenvalue weighted by Crippen LogP contribution is -2.47. The van der Waals surface area contributed by atoms with Crippen LogP contribution < -0.4 is 10.6 Å². The van der Waals surface area contributed by atoms with Crippen LogP contribution in [0.5, 0.6) is 0 Å². The summed E-state index contributed by atoms with van der Waals surface area (Å²) in [6.07, 6.45) is 1.53. The first-order chi connectivity index (χ1) is 13.5. The molecule has 1 aromatic heterocycles. The van der Waals surface area contributed by atoms with Crippen LogP contribution in [0.2, 0.25) is 0 Å². The highest BCUT2D eigenvalue weighted by Crippen LogP contribution is 2.30. The van der Waals surface area contributed by atoms with Crippen molar-refractivity contribution < 1.29 is 21.6 Å². The molecule has 0 aromatic carbocycles. The lowest BCUT2D eigenvalue weighted by atomic mass is 9.98. The topological polar surface area (TPSA) is 91.6 Å². The van der Waals surface area contributed by atoms with Gasteiger partial charge < -0.3 is 10.6 Å². The van der Waals surface area contributed by atoms with Crippen molar-refractivity contribution in [3.8, 4) is 0 Å².